The Bertz CT molecular complexity index is 149. The molecule has 3 heteroatoms. The van der Waals surface area contributed by atoms with Crippen LogP contribution in [0.25, 0.3) is 0 Å². The van der Waals surface area contributed by atoms with Gasteiger partial charge in [0.05, 0.1) is 13.2 Å². The molecule has 14 heavy (non-hydrogen) atoms. The van der Waals surface area contributed by atoms with Gasteiger partial charge in [0.15, 0.2) is 0 Å². The van der Waals surface area contributed by atoms with E-state index in [1.54, 1.807) is 0 Å². The molecule has 2 rings (SSSR count). The molecule has 1 atom stereocenters. The normalized spacial score (nSPS) is 31.3. The third-order valence-electron chi connectivity index (χ3n) is 3.27. The van der Waals surface area contributed by atoms with Crippen LogP contribution in [0.5, 0.6) is 0 Å². The summed E-state index contributed by atoms with van der Waals surface area (Å²) in [5.74, 6) is 0.871. The van der Waals surface area contributed by atoms with Gasteiger partial charge in [-0.1, -0.05) is 6.42 Å². The number of ether oxygens (including phenoxy) is 1. The SMILES string of the molecule is C1CCC(CN2CCOCC2)CNC1. The minimum absolute atomic E-state index is 0.871. The number of morpholine rings is 1. The lowest BCUT2D eigenvalue weighted by molar-refractivity contribution is 0.0303. The van der Waals surface area contributed by atoms with Gasteiger partial charge in [-0.05, 0) is 31.8 Å². The van der Waals surface area contributed by atoms with Gasteiger partial charge in [0.25, 0.3) is 0 Å². The van der Waals surface area contributed by atoms with Crippen molar-refractivity contribution >= 4 is 0 Å². The van der Waals surface area contributed by atoms with Crippen molar-refractivity contribution in [3.05, 3.63) is 0 Å². The van der Waals surface area contributed by atoms with E-state index in [0.29, 0.717) is 0 Å². The maximum atomic E-state index is 5.36. The van der Waals surface area contributed by atoms with Gasteiger partial charge in [0.2, 0.25) is 0 Å². The van der Waals surface area contributed by atoms with E-state index in [-0.39, 0.29) is 0 Å². The van der Waals surface area contributed by atoms with Crippen molar-refractivity contribution in [2.45, 2.75) is 19.3 Å². The van der Waals surface area contributed by atoms with Crippen molar-refractivity contribution in [1.29, 1.82) is 0 Å². The van der Waals surface area contributed by atoms with Crippen LogP contribution < -0.4 is 5.32 Å². The minimum atomic E-state index is 0.871. The zero-order chi connectivity index (χ0) is 9.64. The first-order chi connectivity index (χ1) is 6.95. The van der Waals surface area contributed by atoms with Gasteiger partial charge in [-0.15, -0.1) is 0 Å². The van der Waals surface area contributed by atoms with Gasteiger partial charge in [-0.25, -0.2) is 0 Å². The number of rotatable bonds is 2. The smallest absolute Gasteiger partial charge is 0.0594 e. The molecule has 0 bridgehead atoms. The van der Waals surface area contributed by atoms with Crippen LogP contribution in [0, 0.1) is 5.92 Å². The van der Waals surface area contributed by atoms with Crippen molar-refractivity contribution < 1.29 is 4.74 Å². The Morgan fingerprint density at radius 2 is 2.07 bits per heavy atom. The molecule has 0 aromatic rings. The highest BCUT2D eigenvalue weighted by Crippen LogP contribution is 2.13. The average molecular weight is 198 g/mol. The fourth-order valence-corrected chi connectivity index (χ4v) is 2.40. The Balaban J connectivity index is 1.71. The van der Waals surface area contributed by atoms with Crippen molar-refractivity contribution in [1.82, 2.24) is 10.2 Å². The van der Waals surface area contributed by atoms with E-state index in [9.17, 15) is 0 Å². The molecule has 0 aromatic carbocycles. The second kappa shape index (κ2) is 5.69. The molecular formula is C11H22N2O. The third-order valence-corrected chi connectivity index (χ3v) is 3.27. The zero-order valence-electron chi connectivity index (χ0n) is 9.00. The maximum Gasteiger partial charge on any atom is 0.0594 e. The van der Waals surface area contributed by atoms with Crippen molar-refractivity contribution in [3.63, 3.8) is 0 Å². The summed E-state index contributed by atoms with van der Waals surface area (Å²) in [6, 6.07) is 0. The highest BCUT2D eigenvalue weighted by atomic mass is 16.5. The van der Waals surface area contributed by atoms with Crippen LogP contribution in [0.3, 0.4) is 0 Å². The molecule has 0 saturated carbocycles. The Morgan fingerprint density at radius 1 is 1.21 bits per heavy atom. The summed E-state index contributed by atoms with van der Waals surface area (Å²) in [6.45, 7) is 7.85. The van der Waals surface area contributed by atoms with Gasteiger partial charge < -0.3 is 10.1 Å². The fourth-order valence-electron chi connectivity index (χ4n) is 2.40. The van der Waals surface area contributed by atoms with E-state index < -0.39 is 0 Å². The van der Waals surface area contributed by atoms with Crippen LogP contribution >= 0.6 is 0 Å². The van der Waals surface area contributed by atoms with Gasteiger partial charge >= 0.3 is 0 Å². The molecule has 0 radical (unpaired) electrons. The Morgan fingerprint density at radius 3 is 2.93 bits per heavy atom. The molecule has 82 valence electrons. The summed E-state index contributed by atoms with van der Waals surface area (Å²) in [6.07, 6.45) is 4.17. The quantitative estimate of drug-likeness (QED) is 0.707. The molecule has 2 fully saturated rings. The second-order valence-electron chi connectivity index (χ2n) is 4.48. The highest BCUT2D eigenvalue weighted by Gasteiger charge is 2.17. The van der Waals surface area contributed by atoms with E-state index in [4.69, 9.17) is 4.74 Å². The minimum Gasteiger partial charge on any atom is -0.379 e. The van der Waals surface area contributed by atoms with Gasteiger partial charge in [0.1, 0.15) is 0 Å². The molecule has 2 saturated heterocycles. The first-order valence-electron chi connectivity index (χ1n) is 5.96. The first kappa shape index (κ1) is 10.4. The molecule has 0 aliphatic carbocycles. The van der Waals surface area contributed by atoms with Crippen molar-refractivity contribution in [2.24, 2.45) is 5.92 Å². The number of nitrogens with zero attached hydrogens (tertiary/aromatic N) is 1. The molecule has 0 aromatic heterocycles. The predicted molar refractivity (Wildman–Crippen MR) is 57.5 cm³/mol. The fraction of sp³-hybridized carbons (Fsp3) is 1.00. The topological polar surface area (TPSA) is 24.5 Å². The molecular weight excluding hydrogens is 176 g/mol. The van der Waals surface area contributed by atoms with Crippen molar-refractivity contribution in [3.8, 4) is 0 Å². The molecule has 3 nitrogen and oxygen atoms in total. The monoisotopic (exact) mass is 198 g/mol. The summed E-state index contributed by atoms with van der Waals surface area (Å²) in [4.78, 5) is 2.56. The first-order valence-corrected chi connectivity index (χ1v) is 5.96. The summed E-state index contributed by atoms with van der Waals surface area (Å²) in [7, 11) is 0. The standard InChI is InChI=1S/C11H22N2O/c1-2-4-12-9-11(3-1)10-13-5-7-14-8-6-13/h11-12H,1-10H2. The highest BCUT2D eigenvalue weighted by molar-refractivity contribution is 4.72. The van der Waals surface area contributed by atoms with Crippen LogP contribution in [0.1, 0.15) is 19.3 Å². The van der Waals surface area contributed by atoms with Crippen LogP contribution in [0.15, 0.2) is 0 Å². The number of nitrogens with one attached hydrogen (secondary N) is 1. The molecule has 1 unspecified atom stereocenters. The lowest BCUT2D eigenvalue weighted by Crippen LogP contribution is -2.41. The molecule has 0 amide bonds. The molecule has 2 heterocycles. The molecule has 1 N–H and O–H groups in total. The van der Waals surface area contributed by atoms with Crippen LogP contribution in [-0.2, 0) is 4.74 Å². The van der Waals surface area contributed by atoms with E-state index in [0.717, 1.165) is 32.2 Å². The van der Waals surface area contributed by atoms with E-state index in [1.165, 1.54) is 38.9 Å². The summed E-state index contributed by atoms with van der Waals surface area (Å²) < 4.78 is 5.36. The van der Waals surface area contributed by atoms with E-state index in [2.05, 4.69) is 10.2 Å². The lowest BCUT2D eigenvalue weighted by Gasteiger charge is -2.30. The summed E-state index contributed by atoms with van der Waals surface area (Å²) >= 11 is 0. The average Bonchev–Trinajstić information content (AvgIpc) is 2.48. The van der Waals surface area contributed by atoms with Gasteiger partial charge in [-0.3, -0.25) is 4.90 Å². The van der Waals surface area contributed by atoms with Crippen LogP contribution in [0.4, 0.5) is 0 Å². The molecule has 2 aliphatic rings. The van der Waals surface area contributed by atoms with E-state index in [1.807, 2.05) is 0 Å². The Kier molecular flexibility index (Phi) is 4.22. The van der Waals surface area contributed by atoms with E-state index >= 15 is 0 Å². The number of hydrogen-bond donors (Lipinski definition) is 1. The zero-order valence-corrected chi connectivity index (χ0v) is 9.00. The Hall–Kier alpha value is -0.120. The van der Waals surface area contributed by atoms with Gasteiger partial charge in [-0.2, -0.15) is 0 Å². The van der Waals surface area contributed by atoms with Gasteiger partial charge in [0, 0.05) is 19.6 Å². The second-order valence-corrected chi connectivity index (χ2v) is 4.48. The van der Waals surface area contributed by atoms with Crippen molar-refractivity contribution in [2.75, 3.05) is 45.9 Å². The summed E-state index contributed by atoms with van der Waals surface area (Å²) in [5, 5.41) is 3.53. The van der Waals surface area contributed by atoms with Crippen LogP contribution in [0.2, 0.25) is 0 Å². The van der Waals surface area contributed by atoms with Crippen LogP contribution in [-0.4, -0.2) is 50.8 Å². The molecule has 2 aliphatic heterocycles. The third kappa shape index (κ3) is 3.23. The molecule has 0 spiro atoms. The lowest BCUT2D eigenvalue weighted by atomic mass is 10.0. The largest absolute Gasteiger partial charge is 0.379 e. The summed E-state index contributed by atoms with van der Waals surface area (Å²) in [5.41, 5.74) is 0. The number of hydrogen-bond acceptors (Lipinski definition) is 3. The maximum absolute atomic E-state index is 5.36. The Labute approximate surface area is 86.8 Å². The predicted octanol–water partition coefficient (Wildman–Crippen LogP) is 0.708.